The predicted molar refractivity (Wildman–Crippen MR) is 133 cm³/mol. The zero-order chi connectivity index (χ0) is 27.5. The van der Waals surface area contributed by atoms with Gasteiger partial charge in [0.25, 0.3) is 5.91 Å². The Morgan fingerprint density at radius 2 is 1.81 bits per heavy atom. The summed E-state index contributed by atoms with van der Waals surface area (Å²) in [5.74, 6) is -2.56. The molecule has 0 bridgehead atoms. The lowest BCUT2D eigenvalue weighted by Gasteiger charge is -2.32. The maximum absolute atomic E-state index is 13.7. The van der Waals surface area contributed by atoms with E-state index in [1.165, 1.54) is 12.1 Å². The fourth-order valence-corrected chi connectivity index (χ4v) is 3.27. The number of alkyl carbamates (subject to hydrolysis) is 1. The molecule has 0 aliphatic heterocycles. The highest BCUT2D eigenvalue weighted by molar-refractivity contribution is 5.94. The third-order valence-corrected chi connectivity index (χ3v) is 5.20. The average Bonchev–Trinajstić information content (AvgIpc) is 2.79. The lowest BCUT2D eigenvalue weighted by Crippen LogP contribution is -2.54. The highest BCUT2D eigenvalue weighted by atomic mass is 16.6. The molecular formula is C26H37N3O7. The molecule has 36 heavy (non-hydrogen) atoms. The summed E-state index contributed by atoms with van der Waals surface area (Å²) in [7, 11) is 0. The summed E-state index contributed by atoms with van der Waals surface area (Å²) in [5.41, 5.74) is -0.714. The molecular weight excluding hydrogens is 466 g/mol. The van der Waals surface area contributed by atoms with Crippen LogP contribution in [-0.4, -0.2) is 58.7 Å². The van der Waals surface area contributed by atoms with Gasteiger partial charge in [-0.05, 0) is 39.7 Å². The number of nitrogens with one attached hydrogen (secondary N) is 2. The number of amides is 3. The van der Waals surface area contributed by atoms with E-state index in [1.807, 2.05) is 6.92 Å². The van der Waals surface area contributed by atoms with Gasteiger partial charge in [-0.2, -0.15) is 0 Å². The smallest absolute Gasteiger partial charge is 0.408 e. The Hall–Kier alpha value is -3.74. The van der Waals surface area contributed by atoms with Gasteiger partial charge in [-0.25, -0.2) is 4.79 Å². The molecule has 0 saturated heterocycles. The highest BCUT2D eigenvalue weighted by Gasteiger charge is 2.38. The molecule has 198 valence electrons. The molecule has 0 fully saturated rings. The number of aromatic hydroxyl groups is 1. The number of esters is 1. The van der Waals surface area contributed by atoms with Gasteiger partial charge in [0, 0.05) is 18.2 Å². The van der Waals surface area contributed by atoms with Crippen molar-refractivity contribution in [2.75, 3.05) is 13.2 Å². The lowest BCUT2D eigenvalue weighted by molar-refractivity contribution is -0.143. The van der Waals surface area contributed by atoms with Crippen LogP contribution in [0.1, 0.15) is 66.0 Å². The lowest BCUT2D eigenvalue weighted by atomic mass is 9.96. The van der Waals surface area contributed by atoms with Crippen LogP contribution in [0.4, 0.5) is 4.79 Å². The van der Waals surface area contributed by atoms with E-state index in [0.717, 1.165) is 4.90 Å². The third-order valence-electron chi connectivity index (χ3n) is 5.20. The van der Waals surface area contributed by atoms with E-state index in [9.17, 15) is 24.3 Å². The molecule has 1 rings (SSSR count). The molecule has 3 N–H and O–H groups in total. The van der Waals surface area contributed by atoms with Crippen molar-refractivity contribution in [3.63, 3.8) is 0 Å². The van der Waals surface area contributed by atoms with Gasteiger partial charge in [0.15, 0.2) is 6.04 Å². The number of hydrogen-bond acceptors (Lipinski definition) is 7. The second-order valence-corrected chi connectivity index (χ2v) is 9.15. The van der Waals surface area contributed by atoms with Gasteiger partial charge in [-0.1, -0.05) is 44.9 Å². The summed E-state index contributed by atoms with van der Waals surface area (Å²) in [6.07, 6.45) is 5.32. The Labute approximate surface area is 212 Å². The van der Waals surface area contributed by atoms with Crippen molar-refractivity contribution in [1.82, 2.24) is 15.5 Å². The zero-order valence-electron chi connectivity index (χ0n) is 21.8. The van der Waals surface area contributed by atoms with E-state index in [1.54, 1.807) is 46.8 Å². The number of rotatable bonds is 11. The number of benzene rings is 1. The Bertz CT molecular complexity index is 965. The van der Waals surface area contributed by atoms with Gasteiger partial charge in [0.05, 0.1) is 13.0 Å². The molecule has 0 heterocycles. The monoisotopic (exact) mass is 503 g/mol. The van der Waals surface area contributed by atoms with E-state index in [2.05, 4.69) is 16.7 Å². The summed E-state index contributed by atoms with van der Waals surface area (Å²) >= 11 is 0. The van der Waals surface area contributed by atoms with Crippen LogP contribution < -0.4 is 10.6 Å². The van der Waals surface area contributed by atoms with Crippen LogP contribution in [0.5, 0.6) is 5.75 Å². The van der Waals surface area contributed by atoms with Crippen LogP contribution in [0.15, 0.2) is 24.3 Å². The van der Waals surface area contributed by atoms with Crippen molar-refractivity contribution < 1.29 is 33.8 Å². The number of hydrogen-bond donors (Lipinski definition) is 3. The summed E-state index contributed by atoms with van der Waals surface area (Å²) in [6, 6.07) is 5.65. The average molecular weight is 504 g/mol. The molecule has 0 aromatic heterocycles. The number of terminal acetylenes is 1. The molecule has 3 amide bonds. The second kappa shape index (κ2) is 14.0. The fraction of sp³-hybridized carbons (Fsp3) is 0.538. The van der Waals surface area contributed by atoms with E-state index >= 15 is 0 Å². The Morgan fingerprint density at radius 1 is 1.17 bits per heavy atom. The normalized spacial score (nSPS) is 13.4. The molecule has 0 saturated carbocycles. The van der Waals surface area contributed by atoms with Gasteiger partial charge >= 0.3 is 12.1 Å². The van der Waals surface area contributed by atoms with Gasteiger partial charge in [-0.15, -0.1) is 0 Å². The summed E-state index contributed by atoms with van der Waals surface area (Å²) < 4.78 is 10.2. The minimum atomic E-state index is -1.43. The highest BCUT2D eigenvalue weighted by Crippen LogP contribution is 2.30. The number of para-hydroxylation sites is 1. The van der Waals surface area contributed by atoms with Crippen LogP contribution in [0.2, 0.25) is 0 Å². The first-order valence-electron chi connectivity index (χ1n) is 11.9. The Morgan fingerprint density at radius 3 is 2.33 bits per heavy atom. The van der Waals surface area contributed by atoms with Crippen molar-refractivity contribution in [1.29, 1.82) is 0 Å². The number of ether oxygens (including phenoxy) is 2. The number of nitrogens with zero attached hydrogens (tertiary/aromatic N) is 1. The van der Waals surface area contributed by atoms with Crippen molar-refractivity contribution in [3.05, 3.63) is 29.8 Å². The molecule has 3 unspecified atom stereocenters. The van der Waals surface area contributed by atoms with Crippen LogP contribution >= 0.6 is 0 Å². The zero-order valence-corrected chi connectivity index (χ0v) is 21.8. The van der Waals surface area contributed by atoms with E-state index in [0.29, 0.717) is 6.42 Å². The van der Waals surface area contributed by atoms with Crippen molar-refractivity contribution in [2.45, 2.75) is 72.1 Å². The van der Waals surface area contributed by atoms with E-state index < -0.39 is 41.6 Å². The van der Waals surface area contributed by atoms with Crippen molar-refractivity contribution in [3.8, 4) is 18.2 Å². The Kier molecular flexibility index (Phi) is 11.8. The minimum Gasteiger partial charge on any atom is -0.508 e. The quantitative estimate of drug-likeness (QED) is 0.240. The fourth-order valence-electron chi connectivity index (χ4n) is 3.27. The summed E-state index contributed by atoms with van der Waals surface area (Å²) in [6.45, 7) is 10.5. The SMILES string of the molecule is C#CN(C(=O)C(NC(=O)OC(C)(C)C)C(C)CC)C(C(=O)NCCC(=O)OCC)c1ccccc1O. The largest absolute Gasteiger partial charge is 0.508 e. The standard InChI is InChI=1S/C26H37N3O7/c1-8-17(4)21(28-25(34)36-26(5,6)7)24(33)29(9-2)22(18-13-11-12-14-19(18)30)23(32)27-16-15-20(31)35-10-3/h2,11-14,17,21-22,30H,8,10,15-16H2,1,3-7H3,(H,27,32)(H,28,34). The Balaban J connectivity index is 3.32. The van der Waals surface area contributed by atoms with Crippen molar-refractivity contribution >= 4 is 23.9 Å². The molecule has 0 radical (unpaired) electrons. The van der Waals surface area contributed by atoms with Gasteiger partial charge < -0.3 is 25.2 Å². The third kappa shape index (κ3) is 9.13. The van der Waals surface area contributed by atoms with E-state index in [-0.39, 0.29) is 36.8 Å². The molecule has 3 atom stereocenters. The van der Waals surface area contributed by atoms with Crippen LogP contribution in [-0.2, 0) is 23.9 Å². The predicted octanol–water partition coefficient (Wildman–Crippen LogP) is 2.86. The van der Waals surface area contributed by atoms with Crippen LogP contribution in [0, 0.1) is 18.4 Å². The first-order valence-corrected chi connectivity index (χ1v) is 11.9. The topological polar surface area (TPSA) is 134 Å². The minimum absolute atomic E-state index is 0.0701. The summed E-state index contributed by atoms with van der Waals surface area (Å²) in [4.78, 5) is 51.8. The van der Waals surface area contributed by atoms with Crippen LogP contribution in [0.25, 0.3) is 0 Å². The second-order valence-electron chi connectivity index (χ2n) is 9.15. The maximum atomic E-state index is 13.7. The molecule has 0 aliphatic carbocycles. The van der Waals surface area contributed by atoms with Crippen molar-refractivity contribution in [2.24, 2.45) is 5.92 Å². The van der Waals surface area contributed by atoms with Gasteiger partial charge in [-0.3, -0.25) is 19.3 Å². The van der Waals surface area contributed by atoms with Crippen LogP contribution in [0.3, 0.4) is 0 Å². The van der Waals surface area contributed by atoms with Gasteiger partial charge in [0.1, 0.15) is 17.4 Å². The molecule has 1 aromatic carbocycles. The number of phenolic OH excluding ortho intramolecular Hbond substituents is 1. The van der Waals surface area contributed by atoms with Gasteiger partial charge in [0.2, 0.25) is 5.91 Å². The molecule has 1 aromatic rings. The molecule has 10 nitrogen and oxygen atoms in total. The number of carbonyl (C=O) groups is 4. The first-order chi connectivity index (χ1) is 16.9. The number of phenols is 1. The first kappa shape index (κ1) is 30.3. The summed E-state index contributed by atoms with van der Waals surface area (Å²) in [5, 5.41) is 15.6. The molecule has 10 heteroatoms. The molecule has 0 spiro atoms. The number of carbonyl (C=O) groups excluding carboxylic acids is 4. The van der Waals surface area contributed by atoms with E-state index in [4.69, 9.17) is 15.9 Å². The molecule has 0 aliphatic rings. The maximum Gasteiger partial charge on any atom is 0.408 e.